The Morgan fingerprint density at radius 1 is 0.738 bits per heavy atom. The van der Waals surface area contributed by atoms with Crippen LogP contribution < -0.4 is 31.2 Å². The standard InChI is InChI=1S/C56H61F10N11O7/c1-53(2,55(61,62)63)46(71-51(81)83-5)48(79)70-42(21-33-13-10-32(11-14-33)12-15-34-17-19-44(68-24-34)74-26-35-16-18-38(29-74)76(27-35)45-9-7-8-20-67-45)43(78)31-75(73-49(80)47(72-52(82)84-6)54(3,4)56(64,65)66)30-39-40(57)22-36(23-41(39)58)37-25-69-77(28-37)50(59)60/h7-11,13-14,17,19-20,22-25,28,35,38,42-43,46-47,50,78H,16,18,21,26-27,29-31H2,1-6H3,(H,70,79)(H,71,81)(H,72,82)(H,73,80)/t35?,38?,42-,43-,46+,47+/m0/s1. The van der Waals surface area contributed by atoms with Crippen molar-refractivity contribution in [3.63, 3.8) is 0 Å². The third-order valence-corrected chi connectivity index (χ3v) is 14.9. The number of benzene rings is 2. The number of carbonyl (C=O) groups is 4. The zero-order valence-electron chi connectivity index (χ0n) is 46.2. The Labute approximate surface area is 476 Å². The topological polar surface area (TPSA) is 208 Å². The van der Waals surface area contributed by atoms with Gasteiger partial charge in [0.2, 0.25) is 5.91 Å². The van der Waals surface area contributed by atoms with E-state index in [1.54, 1.807) is 29.8 Å². The van der Waals surface area contributed by atoms with Crippen molar-refractivity contribution < 1.29 is 77.7 Å². The fraction of sp³-hybridized carbons (Fsp3) is 0.446. The van der Waals surface area contributed by atoms with E-state index in [-0.39, 0.29) is 27.4 Å². The first-order chi connectivity index (χ1) is 39.5. The van der Waals surface area contributed by atoms with Gasteiger partial charge >= 0.3 is 31.1 Å². The third-order valence-electron chi connectivity index (χ3n) is 14.9. The highest BCUT2D eigenvalue weighted by atomic mass is 19.4. The minimum Gasteiger partial charge on any atom is -0.453 e. The number of pyridine rings is 2. The maximum Gasteiger partial charge on any atom is 0.407 e. The molecule has 3 aliphatic rings. The van der Waals surface area contributed by atoms with E-state index >= 15 is 8.78 Å². The summed E-state index contributed by atoms with van der Waals surface area (Å²) in [6.07, 6.45) is -8.85. The van der Waals surface area contributed by atoms with Crippen LogP contribution in [-0.2, 0) is 32.0 Å². The van der Waals surface area contributed by atoms with Gasteiger partial charge in [0.15, 0.2) is 0 Å². The Balaban J connectivity index is 1.18. The van der Waals surface area contributed by atoms with Crippen LogP contribution in [0.1, 0.15) is 69.3 Å². The number of aliphatic hydroxyl groups excluding tert-OH is 1. The van der Waals surface area contributed by atoms with E-state index in [0.29, 0.717) is 61.9 Å². The zero-order chi connectivity index (χ0) is 61.5. The third kappa shape index (κ3) is 15.1. The van der Waals surface area contributed by atoms with E-state index in [2.05, 4.69) is 46.5 Å². The lowest BCUT2D eigenvalue weighted by atomic mass is 9.82. The summed E-state index contributed by atoms with van der Waals surface area (Å²) in [5, 5.41) is 22.0. The number of halogens is 10. The minimum absolute atomic E-state index is 0.175. The summed E-state index contributed by atoms with van der Waals surface area (Å²) < 4.78 is 155. The highest BCUT2D eigenvalue weighted by molar-refractivity contribution is 5.87. The number of piperidine rings is 1. The summed E-state index contributed by atoms with van der Waals surface area (Å²) in [6, 6.07) is 10.4. The molecule has 6 heterocycles. The van der Waals surface area contributed by atoms with Crippen molar-refractivity contribution in [2.24, 2.45) is 16.7 Å². The second kappa shape index (κ2) is 26.2. The maximum atomic E-state index is 16.1. The molecule has 0 aliphatic carbocycles. The molecule has 2 bridgehead atoms. The van der Waals surface area contributed by atoms with E-state index < -0.39 is 115 Å². The summed E-state index contributed by atoms with van der Waals surface area (Å²) in [4.78, 5) is 66.9. The molecule has 5 N–H and O–H groups in total. The average molecular weight is 1190 g/mol. The number of hydrogen-bond donors (Lipinski definition) is 5. The lowest BCUT2D eigenvalue weighted by Gasteiger charge is -2.38. The van der Waals surface area contributed by atoms with E-state index in [1.165, 1.54) is 12.1 Å². The van der Waals surface area contributed by atoms with Gasteiger partial charge in [0.1, 0.15) is 35.4 Å². The first-order valence-corrected chi connectivity index (χ1v) is 26.2. The molecule has 8 rings (SSSR count). The lowest BCUT2D eigenvalue weighted by molar-refractivity contribution is -0.221. The van der Waals surface area contributed by atoms with Gasteiger partial charge in [-0.2, -0.15) is 40.2 Å². The highest BCUT2D eigenvalue weighted by Crippen LogP contribution is 2.42. The van der Waals surface area contributed by atoms with Gasteiger partial charge in [0.05, 0.1) is 43.4 Å². The Morgan fingerprint density at radius 3 is 1.89 bits per heavy atom. The smallest absolute Gasteiger partial charge is 0.407 e. The fourth-order valence-corrected chi connectivity index (χ4v) is 9.65. The molecule has 84 heavy (non-hydrogen) atoms. The predicted molar refractivity (Wildman–Crippen MR) is 284 cm³/mol. The molecule has 28 heteroatoms. The molecular weight excluding hydrogens is 1130 g/mol. The number of hydrazine groups is 1. The number of aliphatic hydroxyl groups is 1. The largest absolute Gasteiger partial charge is 0.453 e. The highest BCUT2D eigenvalue weighted by Gasteiger charge is 2.57. The van der Waals surface area contributed by atoms with Crippen LogP contribution in [-0.4, -0.2) is 137 Å². The summed E-state index contributed by atoms with van der Waals surface area (Å²) in [5.74, 6) is 2.13. The molecular formula is C56H61F10N11O7. The number of hydrogen-bond acceptors (Lipinski definition) is 13. The molecule has 3 aromatic heterocycles. The first kappa shape index (κ1) is 63.4. The van der Waals surface area contributed by atoms with Crippen molar-refractivity contribution >= 4 is 35.6 Å². The number of aromatic nitrogens is 4. The number of carbonyl (C=O) groups excluding carboxylic acids is 4. The number of nitrogens with one attached hydrogen (secondary N) is 4. The number of alkyl halides is 8. The summed E-state index contributed by atoms with van der Waals surface area (Å²) >= 11 is 0. The van der Waals surface area contributed by atoms with Gasteiger partial charge < -0.3 is 40.3 Å². The van der Waals surface area contributed by atoms with Crippen molar-refractivity contribution in [3.8, 4) is 23.0 Å². The van der Waals surface area contributed by atoms with Crippen LogP contribution >= 0.6 is 0 Å². The van der Waals surface area contributed by atoms with Gasteiger partial charge in [-0.05, 0) is 113 Å². The molecule has 3 fully saturated rings. The van der Waals surface area contributed by atoms with E-state index in [1.807, 2.05) is 41.1 Å². The quantitative estimate of drug-likeness (QED) is 0.0302. The minimum atomic E-state index is -5.23. The molecule has 0 spiro atoms. The number of ether oxygens (including phenoxy) is 2. The van der Waals surface area contributed by atoms with Crippen molar-refractivity contribution in [1.29, 1.82) is 0 Å². The number of alkyl carbamates (subject to hydrolysis) is 2. The average Bonchev–Trinajstić information content (AvgIpc) is 3.87. The summed E-state index contributed by atoms with van der Waals surface area (Å²) in [5.41, 5.74) is -4.26. The number of fused-ring (bicyclic) bond motifs is 4. The Morgan fingerprint density at radius 2 is 1.35 bits per heavy atom. The second-order valence-electron chi connectivity index (χ2n) is 21.4. The van der Waals surface area contributed by atoms with Crippen LogP contribution in [0.5, 0.6) is 0 Å². The summed E-state index contributed by atoms with van der Waals surface area (Å²) in [7, 11) is 1.60. The van der Waals surface area contributed by atoms with Gasteiger partial charge in [-0.3, -0.25) is 15.0 Å². The van der Waals surface area contributed by atoms with E-state index in [9.17, 15) is 59.4 Å². The Hall–Kier alpha value is -8.19. The van der Waals surface area contributed by atoms with Gasteiger partial charge in [-0.1, -0.05) is 30.0 Å². The monoisotopic (exact) mass is 1190 g/mol. The molecule has 2 unspecified atom stereocenters. The maximum absolute atomic E-state index is 16.1. The molecule has 2 aromatic carbocycles. The molecule has 4 amide bonds. The molecule has 3 aliphatic heterocycles. The molecule has 0 saturated carbocycles. The number of methoxy groups -OCH3 is 2. The van der Waals surface area contributed by atoms with E-state index in [4.69, 9.17) is 4.98 Å². The van der Waals surface area contributed by atoms with Gasteiger partial charge in [-0.15, -0.1) is 0 Å². The molecule has 0 radical (unpaired) electrons. The van der Waals surface area contributed by atoms with Crippen molar-refractivity contribution in [3.05, 3.63) is 125 Å². The number of rotatable bonds is 19. The van der Waals surface area contributed by atoms with Gasteiger partial charge in [0.25, 0.3) is 5.91 Å². The van der Waals surface area contributed by atoms with Crippen molar-refractivity contribution in [2.45, 2.75) is 103 Å². The molecule has 452 valence electrons. The zero-order valence-corrected chi connectivity index (χ0v) is 46.2. The van der Waals surface area contributed by atoms with Gasteiger partial charge in [0, 0.05) is 79.6 Å². The van der Waals surface area contributed by atoms with Crippen LogP contribution in [0.3, 0.4) is 0 Å². The first-order valence-electron chi connectivity index (χ1n) is 26.2. The van der Waals surface area contributed by atoms with E-state index in [0.717, 1.165) is 70.7 Å². The normalized spacial score (nSPS) is 17.1. The molecule has 18 nitrogen and oxygen atoms in total. The SMILES string of the molecule is COC(=O)N[C@H](C(=O)N[C@@H](Cc1ccc(C#Cc2ccc(N3CC4CCC(C3)N(c3ccccn3)C4)nc2)cc1)[C@@H](O)CN(Cc1c(F)cc(-c2cnn(C(F)F)c2)cc1F)NC(=O)[C@@H](NC(=O)OC)C(C)(C)C(F)(F)F)C(C)(C)C(F)(F)F. The van der Waals surface area contributed by atoms with Crippen molar-refractivity contribution in [2.75, 3.05) is 50.2 Å². The van der Waals surface area contributed by atoms with Crippen LogP contribution in [0.25, 0.3) is 11.1 Å². The van der Waals surface area contributed by atoms with Crippen LogP contribution in [0, 0.1) is 40.2 Å². The number of nitrogens with zero attached hydrogens (tertiary/aromatic N) is 7. The Bertz CT molecular complexity index is 3150. The molecule has 3 saturated heterocycles. The van der Waals surface area contributed by atoms with Gasteiger partial charge in [-0.25, -0.2) is 38.0 Å². The van der Waals surface area contributed by atoms with Crippen LogP contribution in [0.2, 0.25) is 0 Å². The Kier molecular flexibility index (Phi) is 19.7. The van der Waals surface area contributed by atoms with Crippen molar-refractivity contribution in [1.82, 2.24) is 46.1 Å². The second-order valence-corrected chi connectivity index (χ2v) is 21.4. The summed E-state index contributed by atoms with van der Waals surface area (Å²) in [6.45, 7) is -0.681. The molecule has 6 atom stereocenters. The number of amides is 4. The van der Waals surface area contributed by atoms with Crippen LogP contribution in [0.4, 0.5) is 65.1 Å². The van der Waals surface area contributed by atoms with Crippen LogP contribution in [0.15, 0.2) is 91.5 Å². The lowest BCUT2D eigenvalue weighted by Crippen LogP contribution is -2.63. The molecule has 5 aromatic rings. The predicted octanol–water partition coefficient (Wildman–Crippen LogP) is 8.07. The number of anilines is 2. The fourth-order valence-electron chi connectivity index (χ4n) is 9.65.